The van der Waals surface area contributed by atoms with Gasteiger partial charge in [0, 0.05) is 43.5 Å². The SMILES string of the molecule is Cc1nc2sccn2c1C(=O)N1CCC2(CC1)CC(Cn1ccnc1)OC2=O. The predicted octanol–water partition coefficient (Wildman–Crippen LogP) is 2.14. The number of amides is 1. The lowest BCUT2D eigenvalue weighted by atomic mass is 9.76. The highest BCUT2D eigenvalue weighted by molar-refractivity contribution is 7.15. The Bertz CT molecular complexity index is 1030. The third-order valence-corrected chi connectivity index (χ3v) is 6.70. The van der Waals surface area contributed by atoms with Gasteiger partial charge in [-0.2, -0.15) is 0 Å². The van der Waals surface area contributed by atoms with Gasteiger partial charge in [-0.15, -0.1) is 11.3 Å². The van der Waals surface area contributed by atoms with E-state index in [2.05, 4.69) is 9.97 Å². The monoisotopic (exact) mass is 399 g/mol. The summed E-state index contributed by atoms with van der Waals surface area (Å²) in [6.45, 7) is 3.61. The Balaban J connectivity index is 1.28. The maximum atomic E-state index is 13.1. The van der Waals surface area contributed by atoms with E-state index in [4.69, 9.17) is 4.74 Å². The lowest BCUT2D eigenvalue weighted by Crippen LogP contribution is -2.45. The van der Waals surface area contributed by atoms with E-state index < -0.39 is 5.41 Å². The third kappa shape index (κ3) is 2.72. The van der Waals surface area contributed by atoms with Gasteiger partial charge in [0.1, 0.15) is 11.8 Å². The van der Waals surface area contributed by atoms with Crippen LogP contribution >= 0.6 is 11.3 Å². The van der Waals surface area contributed by atoms with E-state index in [0.29, 0.717) is 44.6 Å². The summed E-state index contributed by atoms with van der Waals surface area (Å²) in [6.07, 6.45) is 9.06. The first-order chi connectivity index (χ1) is 13.6. The zero-order chi connectivity index (χ0) is 19.3. The predicted molar refractivity (Wildman–Crippen MR) is 102 cm³/mol. The van der Waals surface area contributed by atoms with Crippen molar-refractivity contribution in [3.05, 3.63) is 41.7 Å². The molecular formula is C19H21N5O3S. The summed E-state index contributed by atoms with van der Waals surface area (Å²) in [4.78, 5) is 36.9. The Kier molecular flexibility index (Phi) is 4.01. The number of rotatable bonds is 3. The van der Waals surface area contributed by atoms with Gasteiger partial charge in [-0.25, -0.2) is 9.97 Å². The molecule has 1 unspecified atom stereocenters. The Morgan fingerprint density at radius 1 is 1.36 bits per heavy atom. The number of likely N-dealkylation sites (tertiary alicyclic amines) is 1. The maximum absolute atomic E-state index is 13.1. The molecule has 2 aliphatic rings. The number of imidazole rings is 2. The number of cyclic esters (lactones) is 1. The highest BCUT2D eigenvalue weighted by atomic mass is 32.1. The normalized spacial score (nSPS) is 21.5. The Morgan fingerprint density at radius 3 is 2.93 bits per heavy atom. The number of aromatic nitrogens is 4. The molecule has 0 radical (unpaired) electrons. The zero-order valence-corrected chi connectivity index (χ0v) is 16.4. The molecular weight excluding hydrogens is 378 g/mol. The van der Waals surface area contributed by atoms with Crippen molar-refractivity contribution in [2.75, 3.05) is 13.1 Å². The number of aryl methyl sites for hydroxylation is 1. The number of carbonyl (C=O) groups excluding carboxylic acids is 2. The van der Waals surface area contributed by atoms with Gasteiger partial charge in [0.2, 0.25) is 0 Å². The number of nitrogens with zero attached hydrogens (tertiary/aromatic N) is 5. The van der Waals surface area contributed by atoms with Crippen LogP contribution in [0.1, 0.15) is 35.4 Å². The molecule has 0 N–H and O–H groups in total. The Hall–Kier alpha value is -2.68. The molecule has 2 fully saturated rings. The van der Waals surface area contributed by atoms with Crippen LogP contribution in [0.15, 0.2) is 30.3 Å². The van der Waals surface area contributed by atoms with Crippen molar-refractivity contribution in [1.82, 2.24) is 23.8 Å². The topological polar surface area (TPSA) is 81.7 Å². The number of ether oxygens (including phenoxy) is 1. The summed E-state index contributed by atoms with van der Waals surface area (Å²) in [7, 11) is 0. The molecule has 3 aromatic rings. The molecule has 5 rings (SSSR count). The number of fused-ring (bicyclic) bond motifs is 1. The van der Waals surface area contributed by atoms with E-state index in [1.54, 1.807) is 12.5 Å². The molecule has 1 spiro atoms. The lowest BCUT2D eigenvalue weighted by Gasteiger charge is -2.36. The van der Waals surface area contributed by atoms with Crippen LogP contribution in [-0.2, 0) is 16.1 Å². The van der Waals surface area contributed by atoms with Gasteiger partial charge in [0.25, 0.3) is 5.91 Å². The first-order valence-corrected chi connectivity index (χ1v) is 10.3. The van der Waals surface area contributed by atoms with Crippen molar-refractivity contribution >= 4 is 28.2 Å². The molecule has 146 valence electrons. The smallest absolute Gasteiger partial charge is 0.312 e. The average molecular weight is 399 g/mol. The van der Waals surface area contributed by atoms with Crippen LogP contribution in [0.25, 0.3) is 4.96 Å². The molecule has 0 bridgehead atoms. The number of piperidine rings is 1. The average Bonchev–Trinajstić information content (AvgIpc) is 3.43. The number of hydrogen-bond acceptors (Lipinski definition) is 6. The van der Waals surface area contributed by atoms with Crippen molar-refractivity contribution in [2.45, 2.75) is 38.8 Å². The third-order valence-electron chi connectivity index (χ3n) is 5.95. The van der Waals surface area contributed by atoms with Gasteiger partial charge >= 0.3 is 5.97 Å². The molecule has 28 heavy (non-hydrogen) atoms. The number of hydrogen-bond donors (Lipinski definition) is 0. The van der Waals surface area contributed by atoms with Crippen LogP contribution < -0.4 is 0 Å². The largest absolute Gasteiger partial charge is 0.460 e. The van der Waals surface area contributed by atoms with Crippen molar-refractivity contribution in [2.24, 2.45) is 5.41 Å². The fourth-order valence-electron chi connectivity index (χ4n) is 4.42. The molecule has 5 heterocycles. The van der Waals surface area contributed by atoms with Gasteiger partial charge in [0.05, 0.1) is 24.0 Å². The lowest BCUT2D eigenvalue weighted by molar-refractivity contribution is -0.150. The van der Waals surface area contributed by atoms with Crippen molar-refractivity contribution < 1.29 is 14.3 Å². The second-order valence-corrected chi connectivity index (χ2v) is 8.54. The summed E-state index contributed by atoms with van der Waals surface area (Å²) in [6, 6.07) is 0. The van der Waals surface area contributed by atoms with E-state index in [-0.39, 0.29) is 18.0 Å². The van der Waals surface area contributed by atoms with Crippen LogP contribution in [0.2, 0.25) is 0 Å². The Labute approximate surface area is 165 Å². The Morgan fingerprint density at radius 2 is 2.18 bits per heavy atom. The van der Waals surface area contributed by atoms with Crippen molar-refractivity contribution in [3.63, 3.8) is 0 Å². The summed E-state index contributed by atoms with van der Waals surface area (Å²) < 4.78 is 9.45. The number of thiazole rings is 1. The van der Waals surface area contributed by atoms with Crippen LogP contribution in [0.3, 0.4) is 0 Å². The van der Waals surface area contributed by atoms with Crippen molar-refractivity contribution in [1.29, 1.82) is 0 Å². The molecule has 0 aromatic carbocycles. The number of carbonyl (C=O) groups is 2. The molecule has 0 aliphatic carbocycles. The summed E-state index contributed by atoms with van der Waals surface area (Å²) in [5, 5.41) is 1.93. The molecule has 0 saturated carbocycles. The molecule has 2 aliphatic heterocycles. The molecule has 3 aromatic heterocycles. The maximum Gasteiger partial charge on any atom is 0.312 e. The molecule has 2 saturated heterocycles. The highest BCUT2D eigenvalue weighted by Gasteiger charge is 2.51. The minimum absolute atomic E-state index is 0.0143. The van der Waals surface area contributed by atoms with Gasteiger partial charge in [-0.05, 0) is 19.8 Å². The summed E-state index contributed by atoms with van der Waals surface area (Å²) in [5.41, 5.74) is 0.906. The molecule has 9 heteroatoms. The molecule has 1 atom stereocenters. The molecule has 8 nitrogen and oxygen atoms in total. The van der Waals surface area contributed by atoms with Gasteiger partial charge in [0.15, 0.2) is 4.96 Å². The second kappa shape index (κ2) is 6.44. The van der Waals surface area contributed by atoms with Gasteiger partial charge in [-0.3, -0.25) is 14.0 Å². The summed E-state index contributed by atoms with van der Waals surface area (Å²) in [5.74, 6) is -0.134. The minimum Gasteiger partial charge on any atom is -0.460 e. The quantitative estimate of drug-likeness (QED) is 0.630. The fraction of sp³-hybridized carbons (Fsp3) is 0.474. The van der Waals surface area contributed by atoms with E-state index >= 15 is 0 Å². The fourth-order valence-corrected chi connectivity index (χ4v) is 5.18. The van der Waals surface area contributed by atoms with E-state index in [9.17, 15) is 9.59 Å². The minimum atomic E-state index is -0.466. The van der Waals surface area contributed by atoms with Gasteiger partial charge < -0.3 is 14.2 Å². The van der Waals surface area contributed by atoms with E-state index in [1.807, 2.05) is 38.6 Å². The first-order valence-electron chi connectivity index (χ1n) is 9.44. The highest BCUT2D eigenvalue weighted by Crippen LogP contribution is 2.43. The van der Waals surface area contributed by atoms with E-state index in [0.717, 1.165) is 10.7 Å². The van der Waals surface area contributed by atoms with Crippen LogP contribution in [0.4, 0.5) is 0 Å². The summed E-state index contributed by atoms with van der Waals surface area (Å²) >= 11 is 1.52. The van der Waals surface area contributed by atoms with Crippen LogP contribution in [0.5, 0.6) is 0 Å². The van der Waals surface area contributed by atoms with Crippen LogP contribution in [-0.4, -0.2) is 54.9 Å². The second-order valence-electron chi connectivity index (χ2n) is 7.66. The van der Waals surface area contributed by atoms with E-state index in [1.165, 1.54) is 11.3 Å². The van der Waals surface area contributed by atoms with Gasteiger partial charge in [-0.1, -0.05) is 0 Å². The zero-order valence-electron chi connectivity index (χ0n) is 15.6. The van der Waals surface area contributed by atoms with Crippen molar-refractivity contribution in [3.8, 4) is 0 Å². The standard InChI is InChI=1S/C19H21N5O3S/c1-13-15(24-8-9-28-18(24)21-13)16(25)23-5-2-19(3-6-23)10-14(27-17(19)26)11-22-7-4-20-12-22/h4,7-9,12,14H,2-3,5-6,10-11H2,1H3. The molecule has 1 amide bonds. The first kappa shape index (κ1) is 17.4. The number of esters is 1. The van der Waals surface area contributed by atoms with Crippen LogP contribution in [0, 0.1) is 12.3 Å².